The number of benzene rings is 1. The highest BCUT2D eigenvalue weighted by Gasteiger charge is 2.27. The van der Waals surface area contributed by atoms with Gasteiger partial charge in [0.2, 0.25) is 0 Å². The Balaban J connectivity index is 2.23. The van der Waals surface area contributed by atoms with Gasteiger partial charge in [0.1, 0.15) is 5.75 Å². The van der Waals surface area contributed by atoms with E-state index < -0.39 is 0 Å². The van der Waals surface area contributed by atoms with Crippen molar-refractivity contribution in [2.45, 2.75) is 25.7 Å². The number of methoxy groups -OCH3 is 1. The molecule has 16 heavy (non-hydrogen) atoms. The van der Waals surface area contributed by atoms with Crippen LogP contribution in [0.4, 0.5) is 11.4 Å². The number of nitrogens with two attached hydrogens (primary N) is 1. The molecule has 1 aromatic carbocycles. The summed E-state index contributed by atoms with van der Waals surface area (Å²) in [6, 6.07) is 2.11. The average Bonchev–Trinajstić information content (AvgIpc) is 2.30. The standard InChI is InChI=1S/C13H18N2O/c1-16-13-10-5-3-7-15-6-2-4-9(12(10)15)8-11(13)14/h8H,2-7,14H2,1H3. The summed E-state index contributed by atoms with van der Waals surface area (Å²) in [5.74, 6) is 0.908. The maximum atomic E-state index is 6.06. The lowest BCUT2D eigenvalue weighted by Crippen LogP contribution is -2.34. The molecule has 0 radical (unpaired) electrons. The fourth-order valence-electron chi connectivity index (χ4n) is 3.10. The Hall–Kier alpha value is -1.38. The predicted octanol–water partition coefficient (Wildman–Crippen LogP) is 1.98. The fourth-order valence-corrected chi connectivity index (χ4v) is 3.10. The molecule has 0 bridgehead atoms. The van der Waals surface area contributed by atoms with Gasteiger partial charge in [-0.15, -0.1) is 0 Å². The maximum Gasteiger partial charge on any atom is 0.147 e. The van der Waals surface area contributed by atoms with Crippen LogP contribution < -0.4 is 15.4 Å². The highest BCUT2D eigenvalue weighted by atomic mass is 16.5. The maximum absolute atomic E-state index is 6.06. The number of rotatable bonds is 1. The van der Waals surface area contributed by atoms with Crippen molar-refractivity contribution in [2.24, 2.45) is 0 Å². The van der Waals surface area contributed by atoms with E-state index in [4.69, 9.17) is 10.5 Å². The minimum absolute atomic E-state index is 0.806. The third-order valence-corrected chi connectivity index (χ3v) is 3.71. The summed E-state index contributed by atoms with van der Waals surface area (Å²) < 4.78 is 5.46. The van der Waals surface area contributed by atoms with Gasteiger partial charge in [0, 0.05) is 24.3 Å². The van der Waals surface area contributed by atoms with Crippen LogP contribution in [0.25, 0.3) is 0 Å². The first-order valence-corrected chi connectivity index (χ1v) is 6.04. The summed E-state index contributed by atoms with van der Waals surface area (Å²) in [6.07, 6.45) is 4.73. The first-order valence-electron chi connectivity index (χ1n) is 6.04. The molecule has 0 aromatic heterocycles. The van der Waals surface area contributed by atoms with E-state index in [2.05, 4.69) is 11.0 Å². The summed E-state index contributed by atoms with van der Waals surface area (Å²) in [7, 11) is 1.72. The molecule has 3 rings (SSSR count). The highest BCUT2D eigenvalue weighted by Crippen LogP contribution is 2.43. The zero-order chi connectivity index (χ0) is 11.1. The molecule has 0 saturated heterocycles. The average molecular weight is 218 g/mol. The number of ether oxygens (including phenoxy) is 1. The van der Waals surface area contributed by atoms with E-state index in [9.17, 15) is 0 Å². The van der Waals surface area contributed by atoms with Crippen LogP contribution >= 0.6 is 0 Å². The molecule has 3 heteroatoms. The molecule has 1 aromatic rings. The summed E-state index contributed by atoms with van der Waals surface area (Å²) in [4.78, 5) is 2.50. The molecular weight excluding hydrogens is 200 g/mol. The number of nitrogen functional groups attached to an aromatic ring is 1. The molecule has 0 fully saturated rings. The smallest absolute Gasteiger partial charge is 0.147 e. The van der Waals surface area contributed by atoms with E-state index in [0.717, 1.165) is 24.3 Å². The van der Waals surface area contributed by atoms with Gasteiger partial charge in [0.05, 0.1) is 12.8 Å². The predicted molar refractivity (Wildman–Crippen MR) is 66.3 cm³/mol. The topological polar surface area (TPSA) is 38.5 Å². The van der Waals surface area contributed by atoms with Crippen molar-refractivity contribution < 1.29 is 4.74 Å². The van der Waals surface area contributed by atoms with Crippen LogP contribution in [-0.2, 0) is 12.8 Å². The molecule has 0 aliphatic carbocycles. The van der Waals surface area contributed by atoms with Crippen LogP contribution in [0, 0.1) is 0 Å². The van der Waals surface area contributed by atoms with Gasteiger partial charge in [-0.2, -0.15) is 0 Å². The molecule has 0 saturated carbocycles. The molecule has 0 unspecified atom stereocenters. The van der Waals surface area contributed by atoms with Gasteiger partial charge in [-0.05, 0) is 37.3 Å². The van der Waals surface area contributed by atoms with Gasteiger partial charge >= 0.3 is 0 Å². The molecule has 0 spiro atoms. The van der Waals surface area contributed by atoms with Crippen molar-refractivity contribution in [1.29, 1.82) is 0 Å². The third-order valence-electron chi connectivity index (χ3n) is 3.71. The highest BCUT2D eigenvalue weighted by molar-refractivity contribution is 5.74. The molecule has 0 atom stereocenters. The van der Waals surface area contributed by atoms with Crippen LogP contribution in [-0.4, -0.2) is 20.2 Å². The zero-order valence-corrected chi connectivity index (χ0v) is 9.75. The van der Waals surface area contributed by atoms with Crippen molar-refractivity contribution in [3.8, 4) is 5.75 Å². The number of hydrogen-bond donors (Lipinski definition) is 1. The van der Waals surface area contributed by atoms with E-state index >= 15 is 0 Å². The Morgan fingerprint density at radius 1 is 1.25 bits per heavy atom. The van der Waals surface area contributed by atoms with Crippen molar-refractivity contribution in [1.82, 2.24) is 0 Å². The quantitative estimate of drug-likeness (QED) is 0.732. The number of aryl methyl sites for hydroxylation is 1. The fraction of sp³-hybridized carbons (Fsp3) is 0.538. The lowest BCUT2D eigenvalue weighted by molar-refractivity contribution is 0.409. The van der Waals surface area contributed by atoms with E-state index in [-0.39, 0.29) is 0 Å². The lowest BCUT2D eigenvalue weighted by atomic mass is 9.90. The van der Waals surface area contributed by atoms with Crippen molar-refractivity contribution >= 4 is 11.4 Å². The minimum atomic E-state index is 0.806. The first kappa shape index (κ1) is 9.82. The second kappa shape index (κ2) is 3.58. The summed E-state index contributed by atoms with van der Waals surface area (Å²) in [6.45, 7) is 2.38. The largest absolute Gasteiger partial charge is 0.494 e. The van der Waals surface area contributed by atoms with Crippen molar-refractivity contribution in [3.63, 3.8) is 0 Å². The van der Waals surface area contributed by atoms with Crippen LogP contribution in [0.3, 0.4) is 0 Å². The number of hydrogen-bond acceptors (Lipinski definition) is 3. The van der Waals surface area contributed by atoms with E-state index in [0.29, 0.717) is 0 Å². The van der Waals surface area contributed by atoms with Gasteiger partial charge in [0.25, 0.3) is 0 Å². The van der Waals surface area contributed by atoms with Crippen molar-refractivity contribution in [2.75, 3.05) is 30.8 Å². The van der Waals surface area contributed by atoms with Gasteiger partial charge in [-0.25, -0.2) is 0 Å². The van der Waals surface area contributed by atoms with Crippen LogP contribution in [0.5, 0.6) is 5.75 Å². The summed E-state index contributed by atoms with van der Waals surface area (Å²) in [5, 5.41) is 0. The molecule has 2 heterocycles. The summed E-state index contributed by atoms with van der Waals surface area (Å²) >= 11 is 0. The molecular formula is C13H18N2O. The second-order valence-electron chi connectivity index (χ2n) is 4.68. The minimum Gasteiger partial charge on any atom is -0.494 e. The second-order valence-corrected chi connectivity index (χ2v) is 4.68. The Labute approximate surface area is 96.2 Å². The molecule has 0 amide bonds. The molecule has 2 aliphatic rings. The first-order chi connectivity index (χ1) is 7.81. The normalized spacial score (nSPS) is 18.2. The SMILES string of the molecule is COc1c(N)cc2c3c1CCCN3CCC2. The van der Waals surface area contributed by atoms with Gasteiger partial charge in [-0.3, -0.25) is 0 Å². The Morgan fingerprint density at radius 3 is 2.75 bits per heavy atom. The van der Waals surface area contributed by atoms with E-state index in [1.165, 1.54) is 42.7 Å². The van der Waals surface area contributed by atoms with Crippen molar-refractivity contribution in [3.05, 3.63) is 17.2 Å². The molecule has 86 valence electrons. The zero-order valence-electron chi connectivity index (χ0n) is 9.75. The van der Waals surface area contributed by atoms with Gasteiger partial charge < -0.3 is 15.4 Å². The molecule has 3 nitrogen and oxygen atoms in total. The lowest BCUT2D eigenvalue weighted by Gasteiger charge is -2.37. The van der Waals surface area contributed by atoms with Gasteiger partial charge in [0.15, 0.2) is 0 Å². The third kappa shape index (κ3) is 1.27. The monoisotopic (exact) mass is 218 g/mol. The van der Waals surface area contributed by atoms with Crippen LogP contribution in [0.15, 0.2) is 6.07 Å². The van der Waals surface area contributed by atoms with Crippen LogP contribution in [0.1, 0.15) is 24.0 Å². The number of anilines is 2. The van der Waals surface area contributed by atoms with Crippen LogP contribution in [0.2, 0.25) is 0 Å². The Bertz CT molecular complexity index is 426. The summed E-state index contributed by atoms with van der Waals surface area (Å²) in [5.41, 5.74) is 11.0. The van der Waals surface area contributed by atoms with E-state index in [1.807, 2.05) is 0 Å². The number of nitrogens with zero attached hydrogens (tertiary/aromatic N) is 1. The van der Waals surface area contributed by atoms with E-state index in [1.54, 1.807) is 7.11 Å². The Kier molecular flexibility index (Phi) is 2.20. The van der Waals surface area contributed by atoms with Gasteiger partial charge in [-0.1, -0.05) is 0 Å². The molecule has 2 aliphatic heterocycles. The molecule has 2 N–H and O–H groups in total. The Morgan fingerprint density at radius 2 is 2.00 bits per heavy atom.